The average molecular weight is 393 g/mol. The lowest BCUT2D eigenvalue weighted by Crippen LogP contribution is -2.41. The maximum Gasteiger partial charge on any atom is 0.434 e. The third-order valence-electron chi connectivity index (χ3n) is 3.64. The van der Waals surface area contributed by atoms with Crippen molar-refractivity contribution < 1.29 is 22.7 Å². The highest BCUT2D eigenvalue weighted by Crippen LogP contribution is 2.29. The monoisotopic (exact) mass is 393 g/mol. The second-order valence-corrected chi connectivity index (χ2v) is 6.89. The van der Waals surface area contributed by atoms with Crippen LogP contribution in [-0.2, 0) is 22.3 Å². The van der Waals surface area contributed by atoms with E-state index in [-0.39, 0.29) is 30.1 Å². The Balaban J connectivity index is 1.94. The number of likely N-dealkylation sites (N-methyl/N-ethyl adjacent to an activating group) is 1. The number of carbonyl (C=O) groups excluding carboxylic acids is 1. The van der Waals surface area contributed by atoms with E-state index in [0.717, 1.165) is 29.6 Å². The van der Waals surface area contributed by atoms with Crippen LogP contribution in [0.1, 0.15) is 23.5 Å². The zero-order valence-corrected chi connectivity index (χ0v) is 15.4. The van der Waals surface area contributed by atoms with Gasteiger partial charge in [-0.05, 0) is 12.8 Å². The molecule has 0 bridgehead atoms. The van der Waals surface area contributed by atoms with Crippen molar-refractivity contribution in [3.8, 4) is 0 Å². The summed E-state index contributed by atoms with van der Waals surface area (Å²) in [5.41, 5.74) is -0.909. The molecule has 1 aliphatic heterocycles. The Labute approximate surface area is 153 Å². The molecule has 0 spiro atoms. The molecule has 146 valence electrons. The van der Waals surface area contributed by atoms with Crippen LogP contribution in [0.3, 0.4) is 0 Å². The number of guanidine groups is 1. The number of aliphatic imine (C=N–C) groups is 1. The molecule has 1 aromatic rings. The molecule has 1 fully saturated rings. The number of hydrogen-bond donors (Lipinski definition) is 2. The Morgan fingerprint density at radius 2 is 2.23 bits per heavy atom. The number of halogens is 3. The zero-order chi connectivity index (χ0) is 19.2. The van der Waals surface area contributed by atoms with Gasteiger partial charge in [0.2, 0.25) is 5.91 Å². The van der Waals surface area contributed by atoms with Gasteiger partial charge in [0.15, 0.2) is 11.7 Å². The zero-order valence-electron chi connectivity index (χ0n) is 14.6. The molecule has 1 amide bonds. The molecule has 1 atom stereocenters. The van der Waals surface area contributed by atoms with E-state index in [2.05, 4.69) is 20.6 Å². The van der Waals surface area contributed by atoms with Crippen LogP contribution in [0.15, 0.2) is 10.4 Å². The van der Waals surface area contributed by atoms with E-state index >= 15 is 0 Å². The summed E-state index contributed by atoms with van der Waals surface area (Å²) in [4.78, 5) is 20.9. The van der Waals surface area contributed by atoms with Crippen LogP contribution in [-0.4, -0.2) is 61.6 Å². The SMILES string of the molecule is CN(C)C(=O)CN=C(NCc1nc(C(F)(F)F)cs1)NCC1CCCO1. The largest absolute Gasteiger partial charge is 0.434 e. The lowest BCUT2D eigenvalue weighted by molar-refractivity contribution is -0.140. The number of aromatic nitrogens is 1. The lowest BCUT2D eigenvalue weighted by Gasteiger charge is -2.15. The van der Waals surface area contributed by atoms with Gasteiger partial charge in [-0.3, -0.25) is 4.79 Å². The first-order valence-corrected chi connectivity index (χ1v) is 8.99. The molecule has 0 saturated carbocycles. The van der Waals surface area contributed by atoms with Crippen molar-refractivity contribution in [2.45, 2.75) is 31.7 Å². The molecule has 0 radical (unpaired) electrons. The van der Waals surface area contributed by atoms with Gasteiger partial charge in [-0.25, -0.2) is 9.98 Å². The molecule has 11 heteroatoms. The van der Waals surface area contributed by atoms with Crippen molar-refractivity contribution >= 4 is 23.2 Å². The highest BCUT2D eigenvalue weighted by molar-refractivity contribution is 7.09. The summed E-state index contributed by atoms with van der Waals surface area (Å²) < 4.78 is 43.3. The van der Waals surface area contributed by atoms with Crippen LogP contribution < -0.4 is 10.6 Å². The molecular formula is C15H22F3N5O2S. The second kappa shape index (κ2) is 9.17. The third kappa shape index (κ3) is 6.45. The number of nitrogens with zero attached hydrogens (tertiary/aromatic N) is 3. The number of hydrogen-bond acceptors (Lipinski definition) is 5. The number of ether oxygens (including phenoxy) is 1. The fourth-order valence-electron chi connectivity index (χ4n) is 2.16. The van der Waals surface area contributed by atoms with Crippen molar-refractivity contribution in [1.29, 1.82) is 0 Å². The molecule has 7 nitrogen and oxygen atoms in total. The van der Waals surface area contributed by atoms with Gasteiger partial charge in [0.05, 0.1) is 12.6 Å². The summed E-state index contributed by atoms with van der Waals surface area (Å²) in [5.74, 6) is 0.149. The highest BCUT2D eigenvalue weighted by Gasteiger charge is 2.33. The molecule has 1 saturated heterocycles. The minimum Gasteiger partial charge on any atom is -0.376 e. The lowest BCUT2D eigenvalue weighted by atomic mass is 10.2. The number of alkyl halides is 3. The predicted molar refractivity (Wildman–Crippen MR) is 91.9 cm³/mol. The van der Waals surface area contributed by atoms with E-state index in [4.69, 9.17) is 4.74 Å². The number of rotatable bonds is 6. The Bertz CT molecular complexity index is 627. The van der Waals surface area contributed by atoms with Gasteiger partial charge in [-0.15, -0.1) is 11.3 Å². The fraction of sp³-hybridized carbons (Fsp3) is 0.667. The first-order valence-electron chi connectivity index (χ1n) is 8.11. The predicted octanol–water partition coefficient (Wildman–Crippen LogP) is 1.46. The third-order valence-corrected chi connectivity index (χ3v) is 4.49. The van der Waals surface area contributed by atoms with Gasteiger partial charge in [-0.1, -0.05) is 0 Å². The molecule has 2 rings (SSSR count). The number of carbonyl (C=O) groups is 1. The van der Waals surface area contributed by atoms with Crippen LogP contribution in [0.2, 0.25) is 0 Å². The van der Waals surface area contributed by atoms with Crippen molar-refractivity contribution in [3.63, 3.8) is 0 Å². The average Bonchev–Trinajstić information content (AvgIpc) is 3.24. The molecule has 0 aliphatic carbocycles. The molecule has 0 aromatic carbocycles. The quantitative estimate of drug-likeness (QED) is 0.565. The van der Waals surface area contributed by atoms with Crippen molar-refractivity contribution in [2.75, 3.05) is 33.8 Å². The highest BCUT2D eigenvalue weighted by atomic mass is 32.1. The maximum absolute atomic E-state index is 12.6. The number of thiazole rings is 1. The van der Waals surface area contributed by atoms with Gasteiger partial charge in [0.25, 0.3) is 0 Å². The molecule has 2 N–H and O–H groups in total. The van der Waals surface area contributed by atoms with Crippen LogP contribution in [0, 0.1) is 0 Å². The standard InChI is InChI=1S/C15H22F3N5O2S/c1-23(2)13(24)8-21-14(19-6-10-4-3-5-25-10)20-7-12-22-11(9-26-12)15(16,17)18/h9-10H,3-8H2,1-2H3,(H2,19,20,21). The molecule has 26 heavy (non-hydrogen) atoms. The topological polar surface area (TPSA) is 78.9 Å². The van der Waals surface area contributed by atoms with Crippen molar-refractivity contribution in [1.82, 2.24) is 20.5 Å². The van der Waals surface area contributed by atoms with Crippen LogP contribution >= 0.6 is 11.3 Å². The van der Waals surface area contributed by atoms with Crippen molar-refractivity contribution in [3.05, 3.63) is 16.1 Å². The summed E-state index contributed by atoms with van der Waals surface area (Å²) in [6.07, 6.45) is -2.48. The van der Waals surface area contributed by atoms with Gasteiger partial charge in [0.1, 0.15) is 11.6 Å². The van der Waals surface area contributed by atoms with E-state index in [9.17, 15) is 18.0 Å². The minimum atomic E-state index is -4.46. The number of amides is 1. The first kappa shape index (κ1) is 20.4. The Morgan fingerprint density at radius 3 is 2.81 bits per heavy atom. The second-order valence-electron chi connectivity index (χ2n) is 5.95. The van der Waals surface area contributed by atoms with E-state index in [1.165, 1.54) is 4.90 Å². The first-order chi connectivity index (χ1) is 12.3. The minimum absolute atomic E-state index is 0.0586. The molecule has 1 aliphatic rings. The maximum atomic E-state index is 12.6. The van der Waals surface area contributed by atoms with E-state index in [0.29, 0.717) is 19.1 Å². The smallest absolute Gasteiger partial charge is 0.376 e. The summed E-state index contributed by atoms with van der Waals surface area (Å²) in [6.45, 7) is 1.23. The molecule has 1 unspecified atom stereocenters. The Morgan fingerprint density at radius 1 is 1.46 bits per heavy atom. The van der Waals surface area contributed by atoms with Gasteiger partial charge < -0.3 is 20.3 Å². The van der Waals surface area contributed by atoms with Crippen molar-refractivity contribution in [2.24, 2.45) is 4.99 Å². The van der Waals surface area contributed by atoms with Crippen LogP contribution in [0.4, 0.5) is 13.2 Å². The van der Waals surface area contributed by atoms with E-state index in [1.807, 2.05) is 0 Å². The summed E-state index contributed by atoms with van der Waals surface area (Å²) in [5, 5.41) is 7.23. The summed E-state index contributed by atoms with van der Waals surface area (Å²) in [6, 6.07) is 0. The van der Waals surface area contributed by atoms with Crippen LogP contribution in [0.25, 0.3) is 0 Å². The van der Waals surface area contributed by atoms with Gasteiger partial charge in [0, 0.05) is 32.6 Å². The molecule has 1 aromatic heterocycles. The van der Waals surface area contributed by atoms with Gasteiger partial charge in [-0.2, -0.15) is 13.2 Å². The normalized spacial score (nSPS) is 18.0. The molecule has 2 heterocycles. The number of nitrogens with one attached hydrogen (secondary N) is 2. The Kier molecular flexibility index (Phi) is 7.21. The summed E-state index contributed by atoms with van der Waals surface area (Å²) in [7, 11) is 3.25. The summed E-state index contributed by atoms with van der Waals surface area (Å²) >= 11 is 0.915. The molecular weight excluding hydrogens is 371 g/mol. The van der Waals surface area contributed by atoms with E-state index in [1.54, 1.807) is 14.1 Å². The van der Waals surface area contributed by atoms with Crippen LogP contribution in [0.5, 0.6) is 0 Å². The Hall–Kier alpha value is -1.88. The van der Waals surface area contributed by atoms with E-state index < -0.39 is 11.9 Å². The van der Waals surface area contributed by atoms with Gasteiger partial charge >= 0.3 is 6.18 Å². The fourth-order valence-corrected chi connectivity index (χ4v) is 2.90.